The number of nitrogens with two attached hydrogens (primary N) is 1. The van der Waals surface area contributed by atoms with E-state index in [4.69, 9.17) is 15.7 Å². The minimum absolute atomic E-state index is 0.241. The molecule has 17 heavy (non-hydrogen) atoms. The number of aromatic nitrogens is 2. The molecule has 1 aromatic carbocycles. The largest absolute Gasteiger partial charge is 0.497 e. The molecule has 0 fully saturated rings. The molecule has 2 rings (SSSR count). The van der Waals surface area contributed by atoms with Gasteiger partial charge in [-0.2, -0.15) is 5.26 Å². The number of ether oxygens (including phenoxy) is 1. The van der Waals surface area contributed by atoms with Gasteiger partial charge in [0.2, 0.25) is 0 Å². The highest BCUT2D eigenvalue weighted by atomic mass is 16.5. The maximum absolute atomic E-state index is 8.87. The Bertz CT molecular complexity index is 595. The molecule has 0 aliphatic carbocycles. The van der Waals surface area contributed by atoms with Crippen LogP contribution in [0.5, 0.6) is 5.75 Å². The first-order valence-electron chi connectivity index (χ1n) is 5.04. The molecule has 0 aliphatic heterocycles. The Labute approximate surface area is 99.1 Å². The van der Waals surface area contributed by atoms with Gasteiger partial charge in [-0.15, -0.1) is 0 Å². The molecule has 0 aliphatic rings. The van der Waals surface area contributed by atoms with Crippen LogP contribution in [0.2, 0.25) is 0 Å². The Hall–Kier alpha value is -2.48. The number of hydrogen-bond acceptors (Lipinski definition) is 4. The van der Waals surface area contributed by atoms with Crippen molar-refractivity contribution in [1.82, 2.24) is 9.55 Å². The summed E-state index contributed by atoms with van der Waals surface area (Å²) in [7, 11) is 3.38. The molecule has 0 spiro atoms. The molecule has 0 bridgehead atoms. The number of hydrogen-bond donors (Lipinski definition) is 1. The van der Waals surface area contributed by atoms with E-state index in [1.807, 2.05) is 30.3 Å². The SMILES string of the molecule is COc1cccc(-c2nc(C#N)c(N)n2C)c1. The van der Waals surface area contributed by atoms with E-state index in [1.165, 1.54) is 0 Å². The molecule has 5 heteroatoms. The van der Waals surface area contributed by atoms with Gasteiger partial charge >= 0.3 is 0 Å². The third kappa shape index (κ3) is 1.81. The number of nitrogens with zero attached hydrogens (tertiary/aromatic N) is 3. The van der Waals surface area contributed by atoms with Crippen LogP contribution < -0.4 is 10.5 Å². The molecular formula is C12H12N4O. The number of anilines is 1. The Morgan fingerprint density at radius 3 is 2.82 bits per heavy atom. The third-order valence-corrected chi connectivity index (χ3v) is 2.57. The molecule has 0 amide bonds. The summed E-state index contributed by atoms with van der Waals surface area (Å²) in [5, 5.41) is 8.87. The number of imidazole rings is 1. The van der Waals surface area contributed by atoms with Crippen LogP contribution in [0, 0.1) is 11.3 Å². The number of rotatable bonds is 2. The average Bonchev–Trinajstić information content (AvgIpc) is 2.66. The van der Waals surface area contributed by atoms with Crippen LogP contribution in [0.15, 0.2) is 24.3 Å². The van der Waals surface area contributed by atoms with E-state index in [1.54, 1.807) is 18.7 Å². The monoisotopic (exact) mass is 228 g/mol. The zero-order chi connectivity index (χ0) is 12.4. The summed E-state index contributed by atoms with van der Waals surface area (Å²) in [5.74, 6) is 1.76. The fourth-order valence-electron chi connectivity index (χ4n) is 1.61. The smallest absolute Gasteiger partial charge is 0.183 e. The van der Waals surface area contributed by atoms with Crippen molar-refractivity contribution in [2.45, 2.75) is 0 Å². The predicted octanol–water partition coefficient (Wildman–Crippen LogP) is 1.55. The minimum atomic E-state index is 0.241. The van der Waals surface area contributed by atoms with Crippen molar-refractivity contribution in [3.8, 4) is 23.2 Å². The topological polar surface area (TPSA) is 76.9 Å². The lowest BCUT2D eigenvalue weighted by atomic mass is 10.2. The van der Waals surface area contributed by atoms with E-state index in [0.29, 0.717) is 11.6 Å². The van der Waals surface area contributed by atoms with Gasteiger partial charge < -0.3 is 15.0 Å². The first-order valence-corrected chi connectivity index (χ1v) is 5.04. The molecule has 0 radical (unpaired) electrons. The maximum atomic E-state index is 8.87. The van der Waals surface area contributed by atoms with Gasteiger partial charge in [0.1, 0.15) is 23.5 Å². The summed E-state index contributed by atoms with van der Waals surface area (Å²) < 4.78 is 6.83. The van der Waals surface area contributed by atoms with Crippen LogP contribution in [0.4, 0.5) is 5.82 Å². The van der Waals surface area contributed by atoms with Gasteiger partial charge in [0.25, 0.3) is 0 Å². The van der Waals surface area contributed by atoms with Crippen molar-refractivity contribution in [3.63, 3.8) is 0 Å². The van der Waals surface area contributed by atoms with E-state index in [9.17, 15) is 0 Å². The molecule has 0 atom stereocenters. The molecule has 0 saturated carbocycles. The molecule has 1 heterocycles. The number of nitriles is 1. The third-order valence-electron chi connectivity index (χ3n) is 2.57. The Kier molecular flexibility index (Phi) is 2.71. The normalized spacial score (nSPS) is 9.94. The molecule has 86 valence electrons. The summed E-state index contributed by atoms with van der Waals surface area (Å²) in [6, 6.07) is 9.43. The van der Waals surface area contributed by atoms with Crippen LogP contribution in [0.1, 0.15) is 5.69 Å². The van der Waals surface area contributed by atoms with E-state index in [0.717, 1.165) is 11.3 Å². The van der Waals surface area contributed by atoms with Gasteiger partial charge in [0, 0.05) is 12.6 Å². The van der Waals surface area contributed by atoms with Crippen molar-refractivity contribution in [2.75, 3.05) is 12.8 Å². The second-order valence-electron chi connectivity index (χ2n) is 3.57. The standard InChI is InChI=1S/C12H12N4O/c1-16-11(14)10(7-13)15-12(16)8-4-3-5-9(6-8)17-2/h3-6H,14H2,1-2H3. The van der Waals surface area contributed by atoms with Crippen LogP contribution in [0.25, 0.3) is 11.4 Å². The number of methoxy groups -OCH3 is 1. The number of nitrogen functional groups attached to an aromatic ring is 1. The van der Waals surface area contributed by atoms with Crippen LogP contribution in [-0.2, 0) is 7.05 Å². The Morgan fingerprint density at radius 1 is 1.47 bits per heavy atom. The lowest BCUT2D eigenvalue weighted by molar-refractivity contribution is 0.415. The summed E-state index contributed by atoms with van der Waals surface area (Å²) in [6.45, 7) is 0. The van der Waals surface area contributed by atoms with Crippen molar-refractivity contribution >= 4 is 5.82 Å². The molecule has 2 aromatic rings. The van der Waals surface area contributed by atoms with Crippen molar-refractivity contribution < 1.29 is 4.74 Å². The second kappa shape index (κ2) is 4.18. The maximum Gasteiger partial charge on any atom is 0.183 e. The summed E-state index contributed by atoms with van der Waals surface area (Å²) in [4.78, 5) is 4.19. The molecule has 5 nitrogen and oxygen atoms in total. The van der Waals surface area contributed by atoms with Crippen LogP contribution in [0.3, 0.4) is 0 Å². The average molecular weight is 228 g/mol. The van der Waals surface area contributed by atoms with Crippen molar-refractivity contribution in [2.24, 2.45) is 7.05 Å². The van der Waals surface area contributed by atoms with Gasteiger partial charge in [0.05, 0.1) is 7.11 Å². The van der Waals surface area contributed by atoms with Gasteiger partial charge in [-0.25, -0.2) is 4.98 Å². The van der Waals surface area contributed by atoms with Gasteiger partial charge in [-0.05, 0) is 12.1 Å². The Balaban J connectivity index is 2.57. The highest BCUT2D eigenvalue weighted by molar-refractivity contribution is 5.63. The molecule has 0 unspecified atom stereocenters. The van der Waals surface area contributed by atoms with Crippen LogP contribution in [-0.4, -0.2) is 16.7 Å². The molecular weight excluding hydrogens is 216 g/mol. The zero-order valence-corrected chi connectivity index (χ0v) is 9.64. The van der Waals surface area contributed by atoms with Gasteiger partial charge in [-0.1, -0.05) is 12.1 Å². The fraction of sp³-hybridized carbons (Fsp3) is 0.167. The number of benzene rings is 1. The lowest BCUT2D eigenvalue weighted by Gasteiger charge is -2.04. The molecule has 0 saturated heterocycles. The zero-order valence-electron chi connectivity index (χ0n) is 9.64. The predicted molar refractivity (Wildman–Crippen MR) is 64.3 cm³/mol. The van der Waals surface area contributed by atoms with E-state index < -0.39 is 0 Å². The van der Waals surface area contributed by atoms with E-state index >= 15 is 0 Å². The minimum Gasteiger partial charge on any atom is -0.497 e. The fourth-order valence-corrected chi connectivity index (χ4v) is 1.61. The Morgan fingerprint density at radius 2 is 2.24 bits per heavy atom. The summed E-state index contributed by atoms with van der Waals surface area (Å²) in [6.07, 6.45) is 0. The lowest BCUT2D eigenvalue weighted by Crippen LogP contribution is -1.99. The highest BCUT2D eigenvalue weighted by Crippen LogP contribution is 2.25. The van der Waals surface area contributed by atoms with Gasteiger partial charge in [-0.3, -0.25) is 0 Å². The van der Waals surface area contributed by atoms with Crippen molar-refractivity contribution in [1.29, 1.82) is 5.26 Å². The summed E-state index contributed by atoms with van der Waals surface area (Å²) in [5.41, 5.74) is 6.87. The van der Waals surface area contributed by atoms with E-state index in [-0.39, 0.29) is 5.69 Å². The molecule has 2 N–H and O–H groups in total. The first kappa shape index (κ1) is 11.0. The molecule has 1 aromatic heterocycles. The second-order valence-corrected chi connectivity index (χ2v) is 3.57. The van der Waals surface area contributed by atoms with Crippen molar-refractivity contribution in [3.05, 3.63) is 30.0 Å². The highest BCUT2D eigenvalue weighted by Gasteiger charge is 2.13. The van der Waals surface area contributed by atoms with Gasteiger partial charge in [0.15, 0.2) is 5.69 Å². The van der Waals surface area contributed by atoms with E-state index in [2.05, 4.69) is 4.98 Å². The first-order chi connectivity index (χ1) is 8.17. The quantitative estimate of drug-likeness (QED) is 0.846. The summed E-state index contributed by atoms with van der Waals surface area (Å²) >= 11 is 0. The van der Waals surface area contributed by atoms with Crippen LogP contribution >= 0.6 is 0 Å².